The van der Waals surface area contributed by atoms with Crippen molar-refractivity contribution in [1.82, 2.24) is 0 Å². The van der Waals surface area contributed by atoms with Crippen LogP contribution in [0, 0.1) is 11.7 Å². The Kier molecular flexibility index (Phi) is 5.07. The second-order valence-electron chi connectivity index (χ2n) is 4.96. The first-order valence-corrected chi connectivity index (χ1v) is 7.14. The molecule has 0 spiro atoms. The van der Waals surface area contributed by atoms with Gasteiger partial charge in [0.25, 0.3) is 0 Å². The fourth-order valence-electron chi connectivity index (χ4n) is 1.87. The lowest BCUT2D eigenvalue weighted by Crippen LogP contribution is -2.20. The molecule has 2 rings (SSSR count). The molecule has 106 valence electrons. The van der Waals surface area contributed by atoms with Crippen molar-refractivity contribution in [2.45, 2.75) is 31.5 Å². The van der Waals surface area contributed by atoms with Crippen molar-refractivity contribution in [3.05, 3.63) is 29.6 Å². The molecule has 0 aromatic heterocycles. The van der Waals surface area contributed by atoms with Crippen LogP contribution in [0.2, 0.25) is 0 Å². The molecule has 2 N–H and O–H groups in total. The van der Waals surface area contributed by atoms with Crippen molar-refractivity contribution in [3.63, 3.8) is 0 Å². The van der Waals surface area contributed by atoms with E-state index in [4.69, 9.17) is 4.74 Å². The van der Waals surface area contributed by atoms with Crippen molar-refractivity contribution in [2.75, 3.05) is 12.4 Å². The van der Waals surface area contributed by atoms with Crippen molar-refractivity contribution < 1.29 is 19.3 Å². The van der Waals surface area contributed by atoms with Gasteiger partial charge < -0.3 is 14.9 Å². The predicted octanol–water partition coefficient (Wildman–Crippen LogP) is 2.33. The van der Waals surface area contributed by atoms with E-state index in [2.05, 4.69) is 12.6 Å². The highest BCUT2D eigenvalue weighted by atomic mass is 32.1. The Bertz CT molecular complexity index is 423. The van der Waals surface area contributed by atoms with Gasteiger partial charge >= 0.3 is 0 Å². The van der Waals surface area contributed by atoms with Gasteiger partial charge in [0.2, 0.25) is 0 Å². The maximum atomic E-state index is 13.3. The van der Waals surface area contributed by atoms with Gasteiger partial charge in [-0.3, -0.25) is 0 Å². The van der Waals surface area contributed by atoms with Crippen molar-refractivity contribution in [1.29, 1.82) is 0 Å². The summed E-state index contributed by atoms with van der Waals surface area (Å²) in [6.45, 7) is 0.577. The van der Waals surface area contributed by atoms with Crippen LogP contribution in [0.5, 0.6) is 5.75 Å². The normalized spacial score (nSPS) is 18.1. The molecule has 2 unspecified atom stereocenters. The van der Waals surface area contributed by atoms with Crippen LogP contribution in [0.3, 0.4) is 0 Å². The maximum Gasteiger partial charge on any atom is 0.125 e. The van der Waals surface area contributed by atoms with Crippen LogP contribution in [0.15, 0.2) is 18.2 Å². The first kappa shape index (κ1) is 14.6. The molecule has 3 nitrogen and oxygen atoms in total. The minimum Gasteiger partial charge on any atom is -0.493 e. The fourth-order valence-corrected chi connectivity index (χ4v) is 2.14. The van der Waals surface area contributed by atoms with Crippen LogP contribution >= 0.6 is 12.6 Å². The quantitative estimate of drug-likeness (QED) is 0.674. The molecule has 1 saturated carbocycles. The van der Waals surface area contributed by atoms with Crippen molar-refractivity contribution >= 4 is 12.6 Å². The third-order valence-corrected chi connectivity index (χ3v) is 3.51. The molecule has 0 heterocycles. The number of hydrogen-bond acceptors (Lipinski definition) is 4. The van der Waals surface area contributed by atoms with Crippen LogP contribution in [0.4, 0.5) is 4.39 Å². The maximum absolute atomic E-state index is 13.3. The van der Waals surface area contributed by atoms with Crippen LogP contribution in [0.25, 0.3) is 0 Å². The summed E-state index contributed by atoms with van der Waals surface area (Å²) in [5.41, 5.74) is 0.301. The number of halogens is 1. The standard InChI is InChI=1S/C14H19FO3S/c15-10-3-4-13(18-8-9-1-2-9)11(7-10)14(17)12(16)5-6-19/h3-4,7,9,12,14,16-17,19H,1-2,5-6,8H2. The van der Waals surface area contributed by atoms with Crippen molar-refractivity contribution in [3.8, 4) is 5.75 Å². The topological polar surface area (TPSA) is 49.7 Å². The fraction of sp³-hybridized carbons (Fsp3) is 0.571. The van der Waals surface area contributed by atoms with E-state index in [9.17, 15) is 14.6 Å². The van der Waals surface area contributed by atoms with E-state index >= 15 is 0 Å². The van der Waals surface area contributed by atoms with Gasteiger partial charge in [0.1, 0.15) is 17.7 Å². The first-order chi connectivity index (χ1) is 9.11. The molecule has 0 amide bonds. The molecule has 1 aliphatic rings. The number of thiol groups is 1. The van der Waals surface area contributed by atoms with E-state index in [1.807, 2.05) is 0 Å². The van der Waals surface area contributed by atoms with E-state index in [0.717, 1.165) is 12.8 Å². The lowest BCUT2D eigenvalue weighted by molar-refractivity contribution is 0.0153. The molecule has 1 aromatic carbocycles. The Morgan fingerprint density at radius 3 is 2.74 bits per heavy atom. The molecular formula is C14H19FO3S. The average Bonchev–Trinajstić information content (AvgIpc) is 3.20. The van der Waals surface area contributed by atoms with Gasteiger partial charge in [0.05, 0.1) is 12.7 Å². The number of benzene rings is 1. The summed E-state index contributed by atoms with van der Waals surface area (Å²) < 4.78 is 18.9. The smallest absolute Gasteiger partial charge is 0.125 e. The SMILES string of the molecule is OC(CCS)C(O)c1cc(F)ccc1OCC1CC1. The van der Waals surface area contributed by atoms with E-state index in [1.165, 1.54) is 18.2 Å². The van der Waals surface area contributed by atoms with Gasteiger partial charge in [0, 0.05) is 5.56 Å². The van der Waals surface area contributed by atoms with Gasteiger partial charge in [-0.05, 0) is 49.1 Å². The van der Waals surface area contributed by atoms with E-state index in [-0.39, 0.29) is 0 Å². The lowest BCUT2D eigenvalue weighted by Gasteiger charge is -2.20. The minimum atomic E-state index is -1.16. The van der Waals surface area contributed by atoms with Crippen LogP contribution < -0.4 is 4.74 Å². The summed E-state index contributed by atoms with van der Waals surface area (Å²) in [6, 6.07) is 4.02. The zero-order valence-electron chi connectivity index (χ0n) is 10.6. The summed E-state index contributed by atoms with van der Waals surface area (Å²) in [6.07, 6.45) is 0.519. The number of ether oxygens (including phenoxy) is 1. The van der Waals surface area contributed by atoms with E-state index in [0.29, 0.717) is 36.0 Å². The number of aliphatic hydroxyl groups excluding tert-OH is 2. The number of hydrogen-bond donors (Lipinski definition) is 3. The summed E-state index contributed by atoms with van der Waals surface area (Å²) in [5, 5.41) is 19.9. The molecule has 2 atom stereocenters. The Morgan fingerprint density at radius 1 is 1.37 bits per heavy atom. The van der Waals surface area contributed by atoms with Gasteiger partial charge in [-0.1, -0.05) is 0 Å². The minimum absolute atomic E-state index is 0.301. The Hall–Kier alpha value is -0.780. The highest BCUT2D eigenvalue weighted by molar-refractivity contribution is 7.80. The third-order valence-electron chi connectivity index (χ3n) is 3.25. The number of aliphatic hydroxyl groups is 2. The summed E-state index contributed by atoms with van der Waals surface area (Å²) in [4.78, 5) is 0. The van der Waals surface area contributed by atoms with E-state index < -0.39 is 18.0 Å². The van der Waals surface area contributed by atoms with Crippen LogP contribution in [0.1, 0.15) is 30.9 Å². The molecule has 5 heteroatoms. The monoisotopic (exact) mass is 286 g/mol. The highest BCUT2D eigenvalue weighted by Crippen LogP contribution is 2.33. The van der Waals surface area contributed by atoms with Gasteiger partial charge in [-0.25, -0.2) is 4.39 Å². The van der Waals surface area contributed by atoms with Gasteiger partial charge in [-0.15, -0.1) is 0 Å². The average molecular weight is 286 g/mol. The van der Waals surface area contributed by atoms with Crippen LogP contribution in [-0.2, 0) is 0 Å². The highest BCUT2D eigenvalue weighted by Gasteiger charge is 2.25. The number of rotatable bonds is 7. The van der Waals surface area contributed by atoms with Crippen molar-refractivity contribution in [2.24, 2.45) is 5.92 Å². The molecule has 0 saturated heterocycles. The second-order valence-corrected chi connectivity index (χ2v) is 5.41. The Morgan fingerprint density at radius 2 is 2.11 bits per heavy atom. The first-order valence-electron chi connectivity index (χ1n) is 6.51. The molecule has 19 heavy (non-hydrogen) atoms. The summed E-state index contributed by atoms with van der Waals surface area (Å²) in [7, 11) is 0. The molecule has 1 aromatic rings. The Balaban J connectivity index is 2.12. The molecule has 0 aliphatic heterocycles. The van der Waals surface area contributed by atoms with Crippen LogP contribution in [-0.4, -0.2) is 28.7 Å². The predicted molar refractivity (Wildman–Crippen MR) is 74.1 cm³/mol. The molecule has 0 bridgehead atoms. The molecule has 1 fully saturated rings. The lowest BCUT2D eigenvalue weighted by atomic mass is 10.0. The largest absolute Gasteiger partial charge is 0.493 e. The second kappa shape index (κ2) is 6.59. The molecule has 1 aliphatic carbocycles. The summed E-state index contributed by atoms with van der Waals surface area (Å²) >= 11 is 4.01. The van der Waals surface area contributed by atoms with Gasteiger partial charge in [0.15, 0.2) is 0 Å². The summed E-state index contributed by atoms with van der Waals surface area (Å²) in [5.74, 6) is 1.01. The molecule has 0 radical (unpaired) electrons. The van der Waals surface area contributed by atoms with Gasteiger partial charge in [-0.2, -0.15) is 12.6 Å². The Labute approximate surface area is 117 Å². The zero-order valence-corrected chi connectivity index (χ0v) is 11.5. The molecular weight excluding hydrogens is 267 g/mol. The third kappa shape index (κ3) is 4.09. The van der Waals surface area contributed by atoms with E-state index in [1.54, 1.807) is 0 Å². The zero-order chi connectivity index (χ0) is 13.8.